The van der Waals surface area contributed by atoms with Gasteiger partial charge in [-0.15, -0.1) is 0 Å². The average molecular weight is 431 g/mol. The summed E-state index contributed by atoms with van der Waals surface area (Å²) < 4.78 is 1.49. The van der Waals surface area contributed by atoms with Crippen molar-refractivity contribution in [1.82, 2.24) is 24.6 Å². The lowest BCUT2D eigenvalue weighted by Gasteiger charge is -2.18. The Kier molecular flexibility index (Phi) is 5.93. The fourth-order valence-electron chi connectivity index (χ4n) is 4.19. The van der Waals surface area contributed by atoms with Crippen molar-refractivity contribution in [3.63, 3.8) is 0 Å². The molecule has 1 aromatic carbocycles. The van der Waals surface area contributed by atoms with Crippen LogP contribution in [-0.4, -0.2) is 69.3 Å². The number of pyridine rings is 1. The van der Waals surface area contributed by atoms with Crippen LogP contribution in [0.25, 0.3) is 17.1 Å². The van der Waals surface area contributed by atoms with Crippen molar-refractivity contribution >= 4 is 5.91 Å². The van der Waals surface area contributed by atoms with E-state index in [0.717, 1.165) is 37.2 Å². The number of aromatic nitrogens is 3. The number of hydrogen-bond donors (Lipinski definition) is 1. The molecule has 1 N–H and O–H groups in total. The Hall–Kier alpha value is -3.70. The van der Waals surface area contributed by atoms with Gasteiger partial charge in [0.15, 0.2) is 11.6 Å². The van der Waals surface area contributed by atoms with Gasteiger partial charge in [-0.1, -0.05) is 6.07 Å². The third kappa shape index (κ3) is 4.34. The number of nitriles is 1. The molecule has 1 unspecified atom stereocenters. The number of carbonyl (C=O) groups is 1. The van der Waals surface area contributed by atoms with E-state index >= 15 is 0 Å². The smallest absolute Gasteiger partial charge is 0.255 e. The maximum Gasteiger partial charge on any atom is 0.255 e. The molecule has 4 rings (SSSR count). The monoisotopic (exact) mass is 430 g/mol. The summed E-state index contributed by atoms with van der Waals surface area (Å²) in [5.74, 6) is 1.00. The van der Waals surface area contributed by atoms with Crippen molar-refractivity contribution in [2.24, 2.45) is 5.92 Å². The van der Waals surface area contributed by atoms with Crippen molar-refractivity contribution in [2.75, 3.05) is 33.7 Å². The molecule has 164 valence electrons. The normalized spacial score (nSPS) is 15.8. The highest BCUT2D eigenvalue weighted by atomic mass is 16.3. The summed E-state index contributed by atoms with van der Waals surface area (Å²) in [6.07, 6.45) is 4.06. The summed E-state index contributed by atoms with van der Waals surface area (Å²) in [6, 6.07) is 10.8. The maximum atomic E-state index is 12.8. The third-order valence-electron chi connectivity index (χ3n) is 5.73. The molecule has 3 aromatic rings. The minimum absolute atomic E-state index is 0.0116. The summed E-state index contributed by atoms with van der Waals surface area (Å²) in [5, 5.41) is 24.0. The Balaban J connectivity index is 1.51. The second kappa shape index (κ2) is 8.81. The molecular weight excluding hydrogens is 404 g/mol. The number of likely N-dealkylation sites (tertiary alicyclic amines) is 1. The minimum Gasteiger partial charge on any atom is -0.504 e. The molecule has 3 heterocycles. The van der Waals surface area contributed by atoms with E-state index < -0.39 is 0 Å². The van der Waals surface area contributed by atoms with Gasteiger partial charge in [-0.25, -0.2) is 9.67 Å². The number of amides is 1. The first-order valence-electron chi connectivity index (χ1n) is 10.6. The molecule has 2 aromatic heterocycles. The van der Waals surface area contributed by atoms with Crippen molar-refractivity contribution in [3.8, 4) is 28.9 Å². The van der Waals surface area contributed by atoms with Gasteiger partial charge in [0.05, 0.1) is 23.4 Å². The molecule has 8 nitrogen and oxygen atoms in total. The Bertz CT molecular complexity index is 1180. The molecular formula is C24H26N6O2. The van der Waals surface area contributed by atoms with Crippen LogP contribution in [0.15, 0.2) is 42.7 Å². The van der Waals surface area contributed by atoms with E-state index in [-0.39, 0.29) is 11.7 Å². The van der Waals surface area contributed by atoms with Gasteiger partial charge in [-0.3, -0.25) is 4.79 Å². The lowest BCUT2D eigenvalue weighted by Crippen LogP contribution is -2.30. The maximum absolute atomic E-state index is 12.8. The summed E-state index contributed by atoms with van der Waals surface area (Å²) in [6.45, 7) is 4.37. The zero-order valence-electron chi connectivity index (χ0n) is 18.5. The molecule has 0 bridgehead atoms. The van der Waals surface area contributed by atoms with Crippen molar-refractivity contribution in [1.29, 1.82) is 5.26 Å². The van der Waals surface area contributed by atoms with Gasteiger partial charge in [-0.2, -0.15) is 10.4 Å². The van der Waals surface area contributed by atoms with Crippen LogP contribution >= 0.6 is 0 Å². The third-order valence-corrected chi connectivity index (χ3v) is 5.73. The first-order chi connectivity index (χ1) is 15.4. The van der Waals surface area contributed by atoms with Crippen LogP contribution < -0.4 is 0 Å². The molecule has 1 aliphatic heterocycles. The first-order valence-corrected chi connectivity index (χ1v) is 10.6. The molecule has 1 atom stereocenters. The number of aromatic hydroxyl groups is 1. The van der Waals surface area contributed by atoms with Gasteiger partial charge in [0, 0.05) is 31.4 Å². The molecule has 1 fully saturated rings. The molecule has 0 radical (unpaired) electrons. The number of nitrogens with zero attached hydrogens (tertiary/aromatic N) is 6. The first kappa shape index (κ1) is 21.5. The van der Waals surface area contributed by atoms with E-state index in [2.05, 4.69) is 21.1 Å². The molecule has 8 heteroatoms. The molecule has 0 spiro atoms. The Morgan fingerprint density at radius 2 is 2.12 bits per heavy atom. The number of benzene rings is 1. The van der Waals surface area contributed by atoms with E-state index in [1.807, 2.05) is 25.9 Å². The highest BCUT2D eigenvalue weighted by Gasteiger charge is 2.27. The van der Waals surface area contributed by atoms with E-state index in [4.69, 9.17) is 5.26 Å². The van der Waals surface area contributed by atoms with Gasteiger partial charge in [0.1, 0.15) is 5.69 Å². The number of carbonyl (C=O) groups excluding carboxylic acids is 1. The largest absolute Gasteiger partial charge is 0.504 e. The fourth-order valence-corrected chi connectivity index (χ4v) is 4.19. The SMILES string of the molecule is Cc1cc(C#N)ccc1-c1nn(-c2ccc(C(=O)N3CCC(CN(C)C)C3)cn2)cc1O. The quantitative estimate of drug-likeness (QED) is 0.668. The summed E-state index contributed by atoms with van der Waals surface area (Å²) >= 11 is 0. The van der Waals surface area contributed by atoms with E-state index in [1.54, 1.807) is 36.5 Å². The second-order valence-electron chi connectivity index (χ2n) is 8.52. The Morgan fingerprint density at radius 3 is 2.78 bits per heavy atom. The van der Waals surface area contributed by atoms with Gasteiger partial charge in [0.2, 0.25) is 0 Å². The van der Waals surface area contributed by atoms with Crippen LogP contribution in [0, 0.1) is 24.2 Å². The zero-order valence-corrected chi connectivity index (χ0v) is 18.5. The van der Waals surface area contributed by atoms with Crippen LogP contribution in [0.3, 0.4) is 0 Å². The predicted molar refractivity (Wildman–Crippen MR) is 120 cm³/mol. The Labute approximate surface area is 187 Å². The van der Waals surface area contributed by atoms with Crippen LogP contribution in [0.4, 0.5) is 0 Å². The van der Waals surface area contributed by atoms with E-state index in [0.29, 0.717) is 28.6 Å². The predicted octanol–water partition coefficient (Wildman–Crippen LogP) is 2.84. The molecule has 1 aliphatic rings. The summed E-state index contributed by atoms with van der Waals surface area (Å²) in [7, 11) is 4.10. The van der Waals surface area contributed by atoms with Crippen LogP contribution in [-0.2, 0) is 0 Å². The lowest BCUT2D eigenvalue weighted by molar-refractivity contribution is 0.0784. The van der Waals surface area contributed by atoms with Gasteiger partial charge < -0.3 is 14.9 Å². The minimum atomic E-state index is -0.0116. The highest BCUT2D eigenvalue weighted by Crippen LogP contribution is 2.31. The van der Waals surface area contributed by atoms with Crippen LogP contribution in [0.5, 0.6) is 5.75 Å². The van der Waals surface area contributed by atoms with E-state index in [9.17, 15) is 9.90 Å². The highest BCUT2D eigenvalue weighted by molar-refractivity contribution is 5.94. The molecule has 0 aliphatic carbocycles. The number of hydrogen-bond acceptors (Lipinski definition) is 6. The van der Waals surface area contributed by atoms with Gasteiger partial charge in [-0.05, 0) is 63.2 Å². The molecule has 1 saturated heterocycles. The summed E-state index contributed by atoms with van der Waals surface area (Å²) in [4.78, 5) is 21.3. The standard InChI is InChI=1S/C24H26N6O2/c1-16-10-17(11-25)4-6-20(16)23-21(31)15-30(27-23)22-7-5-19(12-26-22)24(32)29-9-8-18(14-29)13-28(2)3/h4-7,10,12,15,18,31H,8-9,13-14H2,1-3H3. The van der Waals surface area contributed by atoms with Gasteiger partial charge in [0.25, 0.3) is 5.91 Å². The van der Waals surface area contributed by atoms with Crippen LogP contribution in [0.2, 0.25) is 0 Å². The number of rotatable bonds is 5. The van der Waals surface area contributed by atoms with Crippen molar-refractivity contribution in [3.05, 3.63) is 59.4 Å². The molecule has 0 saturated carbocycles. The Morgan fingerprint density at radius 1 is 1.31 bits per heavy atom. The zero-order chi connectivity index (χ0) is 22.8. The van der Waals surface area contributed by atoms with Gasteiger partial charge >= 0.3 is 0 Å². The fraction of sp³-hybridized carbons (Fsp3) is 0.333. The second-order valence-corrected chi connectivity index (χ2v) is 8.52. The molecule has 1 amide bonds. The summed E-state index contributed by atoms with van der Waals surface area (Å²) in [5.41, 5.74) is 3.10. The topological polar surface area (TPSA) is 98.3 Å². The van der Waals surface area contributed by atoms with Crippen molar-refractivity contribution in [2.45, 2.75) is 13.3 Å². The lowest BCUT2D eigenvalue weighted by atomic mass is 10.0. The molecule has 32 heavy (non-hydrogen) atoms. The number of aryl methyl sites for hydroxylation is 1. The van der Waals surface area contributed by atoms with E-state index in [1.165, 1.54) is 10.9 Å². The van der Waals surface area contributed by atoms with Crippen LogP contribution in [0.1, 0.15) is 27.9 Å². The van der Waals surface area contributed by atoms with Crippen molar-refractivity contribution < 1.29 is 9.90 Å². The average Bonchev–Trinajstić information content (AvgIpc) is 3.39.